The number of nitriles is 1. The number of carbonyl (C=O) groups excluding carboxylic acids is 1. The molecule has 0 fully saturated rings. The van der Waals surface area contributed by atoms with Gasteiger partial charge in [0.05, 0.1) is 22.7 Å². The number of pyridine rings is 1. The SMILES string of the molecule is Cc1ccc2occ(/C=C/C(=O)Nc3c(C#N)cnn3-c3cc(C)c4cccc(C)c4n3)c(=O)c2c1. The Labute approximate surface area is 206 Å². The number of anilines is 1. The maximum atomic E-state index is 12.8. The molecule has 1 amide bonds. The van der Waals surface area contributed by atoms with Gasteiger partial charge >= 0.3 is 0 Å². The van der Waals surface area contributed by atoms with Gasteiger partial charge in [0.2, 0.25) is 5.91 Å². The summed E-state index contributed by atoms with van der Waals surface area (Å²) in [5, 5.41) is 18.0. The second-order valence-corrected chi connectivity index (χ2v) is 8.54. The van der Waals surface area contributed by atoms with Gasteiger partial charge in [0, 0.05) is 11.5 Å². The van der Waals surface area contributed by atoms with Gasteiger partial charge in [0.25, 0.3) is 0 Å². The van der Waals surface area contributed by atoms with Crippen LogP contribution in [0.1, 0.15) is 27.8 Å². The van der Waals surface area contributed by atoms with Gasteiger partial charge in [-0.2, -0.15) is 15.0 Å². The van der Waals surface area contributed by atoms with E-state index in [1.54, 1.807) is 12.1 Å². The van der Waals surface area contributed by atoms with Gasteiger partial charge in [-0.1, -0.05) is 29.8 Å². The van der Waals surface area contributed by atoms with E-state index in [4.69, 9.17) is 9.40 Å². The van der Waals surface area contributed by atoms with Gasteiger partial charge in [-0.05, 0) is 56.2 Å². The lowest BCUT2D eigenvalue weighted by atomic mass is 10.1. The highest BCUT2D eigenvalue weighted by atomic mass is 16.3. The summed E-state index contributed by atoms with van der Waals surface area (Å²) < 4.78 is 6.96. The van der Waals surface area contributed by atoms with Crippen molar-refractivity contribution in [3.63, 3.8) is 0 Å². The number of amides is 1. The van der Waals surface area contributed by atoms with Crippen LogP contribution in [0.2, 0.25) is 0 Å². The first-order valence-corrected chi connectivity index (χ1v) is 11.2. The van der Waals surface area contributed by atoms with Crippen molar-refractivity contribution in [2.75, 3.05) is 5.32 Å². The predicted molar refractivity (Wildman–Crippen MR) is 138 cm³/mol. The molecular formula is C28H21N5O3. The van der Waals surface area contributed by atoms with E-state index in [1.165, 1.54) is 29.3 Å². The number of carbonyl (C=O) groups is 1. The highest BCUT2D eigenvalue weighted by molar-refractivity contribution is 6.02. The number of aryl methyl sites for hydroxylation is 3. The Hall–Kier alpha value is -5.03. The summed E-state index contributed by atoms with van der Waals surface area (Å²) in [5.74, 6) is 0.124. The van der Waals surface area contributed by atoms with Crippen LogP contribution in [0.5, 0.6) is 0 Å². The zero-order chi connectivity index (χ0) is 25.4. The second-order valence-electron chi connectivity index (χ2n) is 8.54. The van der Waals surface area contributed by atoms with Gasteiger partial charge in [0.15, 0.2) is 17.1 Å². The number of fused-ring (bicyclic) bond motifs is 2. The van der Waals surface area contributed by atoms with Crippen LogP contribution in [-0.2, 0) is 4.79 Å². The quantitative estimate of drug-likeness (QED) is 0.367. The molecule has 0 atom stereocenters. The van der Waals surface area contributed by atoms with E-state index in [9.17, 15) is 14.9 Å². The Bertz CT molecular complexity index is 1800. The first-order chi connectivity index (χ1) is 17.4. The minimum absolute atomic E-state index is 0.182. The van der Waals surface area contributed by atoms with Gasteiger partial charge in [-0.15, -0.1) is 0 Å². The van der Waals surface area contributed by atoms with Crippen molar-refractivity contribution in [3.8, 4) is 11.9 Å². The van der Waals surface area contributed by atoms with Crippen LogP contribution in [-0.4, -0.2) is 20.7 Å². The van der Waals surface area contributed by atoms with Crippen molar-refractivity contribution in [3.05, 3.63) is 99.0 Å². The molecule has 2 aromatic carbocycles. The molecule has 3 aromatic heterocycles. The minimum atomic E-state index is -0.536. The number of rotatable bonds is 4. The molecule has 36 heavy (non-hydrogen) atoms. The largest absolute Gasteiger partial charge is 0.463 e. The fourth-order valence-corrected chi connectivity index (χ4v) is 4.08. The van der Waals surface area contributed by atoms with E-state index in [0.29, 0.717) is 16.8 Å². The van der Waals surface area contributed by atoms with E-state index in [-0.39, 0.29) is 22.4 Å². The van der Waals surface area contributed by atoms with Gasteiger partial charge < -0.3 is 9.73 Å². The second kappa shape index (κ2) is 8.96. The Morgan fingerprint density at radius 3 is 2.75 bits per heavy atom. The van der Waals surface area contributed by atoms with E-state index in [0.717, 1.165) is 27.6 Å². The molecule has 0 bridgehead atoms. The predicted octanol–water partition coefficient (Wildman–Crippen LogP) is 4.98. The number of hydrogen-bond donors (Lipinski definition) is 1. The topological polar surface area (TPSA) is 114 Å². The van der Waals surface area contributed by atoms with Crippen LogP contribution < -0.4 is 10.7 Å². The minimum Gasteiger partial charge on any atom is -0.463 e. The summed E-state index contributed by atoms with van der Waals surface area (Å²) in [5.41, 5.74) is 4.39. The summed E-state index contributed by atoms with van der Waals surface area (Å²) >= 11 is 0. The molecular weight excluding hydrogens is 454 g/mol. The third-order valence-electron chi connectivity index (χ3n) is 5.95. The highest BCUT2D eigenvalue weighted by Gasteiger charge is 2.17. The number of aromatic nitrogens is 3. The molecule has 0 aliphatic heterocycles. The summed E-state index contributed by atoms with van der Waals surface area (Å²) in [4.78, 5) is 30.3. The van der Waals surface area contributed by atoms with Crippen molar-refractivity contribution in [2.24, 2.45) is 0 Å². The zero-order valence-electron chi connectivity index (χ0n) is 19.9. The average Bonchev–Trinajstić information content (AvgIpc) is 3.27. The van der Waals surface area contributed by atoms with Crippen LogP contribution in [0.15, 0.2) is 70.2 Å². The molecule has 3 heterocycles. The Balaban J connectivity index is 1.49. The maximum Gasteiger partial charge on any atom is 0.249 e. The average molecular weight is 476 g/mol. The first kappa shape index (κ1) is 22.7. The van der Waals surface area contributed by atoms with E-state index in [2.05, 4.69) is 10.4 Å². The Kier molecular flexibility index (Phi) is 5.66. The Morgan fingerprint density at radius 2 is 1.94 bits per heavy atom. The van der Waals surface area contributed by atoms with Gasteiger partial charge in [-0.25, -0.2) is 4.98 Å². The van der Waals surface area contributed by atoms with Crippen molar-refractivity contribution < 1.29 is 9.21 Å². The molecule has 0 aliphatic rings. The molecule has 0 saturated carbocycles. The van der Waals surface area contributed by atoms with E-state index < -0.39 is 5.91 Å². The lowest BCUT2D eigenvalue weighted by molar-refractivity contribution is -0.111. The molecule has 176 valence electrons. The summed E-state index contributed by atoms with van der Waals surface area (Å²) in [6.45, 7) is 5.83. The summed E-state index contributed by atoms with van der Waals surface area (Å²) in [7, 11) is 0. The summed E-state index contributed by atoms with van der Waals surface area (Å²) in [6, 6.07) is 15.2. The molecule has 0 aliphatic carbocycles. The summed E-state index contributed by atoms with van der Waals surface area (Å²) in [6.07, 6.45) is 5.30. The fraction of sp³-hybridized carbons (Fsp3) is 0.107. The van der Waals surface area contributed by atoms with Crippen molar-refractivity contribution in [1.82, 2.24) is 14.8 Å². The molecule has 0 saturated heterocycles. The lowest BCUT2D eigenvalue weighted by Crippen LogP contribution is -2.14. The van der Waals surface area contributed by atoms with Crippen molar-refractivity contribution >= 4 is 39.7 Å². The molecule has 0 spiro atoms. The normalized spacial score (nSPS) is 11.3. The Morgan fingerprint density at radius 1 is 1.11 bits per heavy atom. The van der Waals surface area contributed by atoms with Crippen molar-refractivity contribution in [2.45, 2.75) is 20.8 Å². The van der Waals surface area contributed by atoms with Gasteiger partial charge in [-0.3, -0.25) is 9.59 Å². The van der Waals surface area contributed by atoms with Crippen LogP contribution >= 0.6 is 0 Å². The van der Waals surface area contributed by atoms with E-state index in [1.807, 2.05) is 57.2 Å². The van der Waals surface area contributed by atoms with Crippen LogP contribution in [0.4, 0.5) is 5.82 Å². The lowest BCUT2D eigenvalue weighted by Gasteiger charge is -2.11. The maximum absolute atomic E-state index is 12.8. The third kappa shape index (κ3) is 4.03. The fourth-order valence-electron chi connectivity index (χ4n) is 4.08. The third-order valence-corrected chi connectivity index (χ3v) is 5.95. The standard InChI is InChI=1S/C28H21N5O3/c1-16-7-9-23-22(11-16)27(35)19(15-36-23)8-10-25(34)32-28-20(13-29)14-30-33(28)24-12-18(3)21-6-4-5-17(2)26(21)31-24/h4-12,14-15H,1-3H3,(H,32,34)/b10-8+. The van der Waals surface area contributed by atoms with Crippen molar-refractivity contribution in [1.29, 1.82) is 5.26 Å². The molecule has 5 rings (SSSR count). The van der Waals surface area contributed by atoms with Crippen LogP contribution in [0, 0.1) is 32.1 Å². The molecule has 5 aromatic rings. The first-order valence-electron chi connectivity index (χ1n) is 11.2. The zero-order valence-corrected chi connectivity index (χ0v) is 19.9. The number of para-hydroxylation sites is 1. The molecule has 8 nitrogen and oxygen atoms in total. The smallest absolute Gasteiger partial charge is 0.249 e. The highest BCUT2D eigenvalue weighted by Crippen LogP contribution is 2.25. The molecule has 1 N–H and O–H groups in total. The molecule has 0 radical (unpaired) electrons. The molecule has 8 heteroatoms. The van der Waals surface area contributed by atoms with E-state index >= 15 is 0 Å². The number of hydrogen-bond acceptors (Lipinski definition) is 6. The van der Waals surface area contributed by atoms with Crippen LogP contribution in [0.25, 0.3) is 33.8 Å². The number of nitrogens with one attached hydrogen (secondary N) is 1. The van der Waals surface area contributed by atoms with Crippen LogP contribution in [0.3, 0.4) is 0 Å². The number of benzene rings is 2. The van der Waals surface area contributed by atoms with Gasteiger partial charge in [0.1, 0.15) is 23.5 Å². The molecule has 0 unspecified atom stereocenters. The number of nitrogens with zero attached hydrogens (tertiary/aromatic N) is 4. The monoisotopic (exact) mass is 475 g/mol.